The highest BCUT2D eigenvalue weighted by Gasteiger charge is 2.20. The van der Waals surface area contributed by atoms with Gasteiger partial charge >= 0.3 is 0 Å². The molecule has 57 heavy (non-hydrogen) atoms. The minimum Gasteiger partial charge on any atom is -0.456 e. The lowest BCUT2D eigenvalue weighted by Gasteiger charge is -2.14. The molecule has 0 saturated carbocycles. The van der Waals surface area contributed by atoms with Gasteiger partial charge in [-0.05, 0) is 78.4 Å². The number of para-hydroxylation sites is 4. The standard InChI is InChI=1S/C39H26N2.C13H10N2O/c1-25-15-19-28(20-16-25)40-35-13-7-5-11-29(35)32-24-23-31-34(38(32)40)22-18-26-17-21-33-30-12-6-8-14-36(30)41(39(33)37(26)31)27-9-3-2-4-10-27;14-9-5-3-7-11-12(9)13(15)8-4-1-2-6-10(8)16-11/h2-24H,1H3;1-7,15H,14H2. The Labute approximate surface area is 327 Å². The molecule has 0 spiro atoms. The number of hydrogen-bond acceptors (Lipinski definition) is 3. The van der Waals surface area contributed by atoms with Gasteiger partial charge in [-0.2, -0.15) is 0 Å². The van der Waals surface area contributed by atoms with E-state index in [2.05, 4.69) is 156 Å². The molecule has 0 amide bonds. The molecule has 0 atom stereocenters. The van der Waals surface area contributed by atoms with Gasteiger partial charge in [-0.3, -0.25) is 5.41 Å². The summed E-state index contributed by atoms with van der Waals surface area (Å²) in [7, 11) is 0. The molecular weight excluding hydrogens is 697 g/mol. The van der Waals surface area contributed by atoms with Crippen molar-refractivity contribution in [1.29, 1.82) is 5.41 Å². The molecule has 5 nitrogen and oxygen atoms in total. The van der Waals surface area contributed by atoms with E-state index < -0.39 is 0 Å². The third-order valence-corrected chi connectivity index (χ3v) is 11.4. The van der Waals surface area contributed by atoms with Gasteiger partial charge in [-0.25, -0.2) is 0 Å². The minimum absolute atomic E-state index is 0.426. The van der Waals surface area contributed by atoms with Crippen molar-refractivity contribution in [3.8, 4) is 11.4 Å². The molecule has 3 aromatic heterocycles. The summed E-state index contributed by atoms with van der Waals surface area (Å²) >= 11 is 0. The number of benzene rings is 9. The maximum atomic E-state index is 8.13. The lowest BCUT2D eigenvalue weighted by Crippen LogP contribution is -2.05. The maximum Gasteiger partial charge on any atom is 0.138 e. The summed E-state index contributed by atoms with van der Waals surface area (Å²) in [4.78, 5) is 0. The second-order valence-corrected chi connectivity index (χ2v) is 14.8. The van der Waals surface area contributed by atoms with Crippen LogP contribution in [0.1, 0.15) is 5.56 Å². The number of nitrogen functional groups attached to an aromatic ring is 1. The zero-order chi connectivity index (χ0) is 38.2. The molecule has 5 heteroatoms. The van der Waals surface area contributed by atoms with Crippen molar-refractivity contribution in [2.75, 3.05) is 5.73 Å². The number of aromatic nitrogens is 2. The van der Waals surface area contributed by atoms with E-state index in [4.69, 9.17) is 15.6 Å². The number of anilines is 1. The fourth-order valence-corrected chi connectivity index (χ4v) is 8.86. The first-order valence-electron chi connectivity index (χ1n) is 19.2. The first-order valence-corrected chi connectivity index (χ1v) is 19.2. The number of rotatable bonds is 2. The van der Waals surface area contributed by atoms with Gasteiger partial charge in [0.2, 0.25) is 0 Å². The topological polar surface area (TPSA) is 72.9 Å². The van der Waals surface area contributed by atoms with Crippen LogP contribution in [0.3, 0.4) is 0 Å². The van der Waals surface area contributed by atoms with Gasteiger partial charge in [0.15, 0.2) is 0 Å². The number of hydrogen-bond donors (Lipinski definition) is 2. The van der Waals surface area contributed by atoms with E-state index in [1.807, 2.05) is 36.4 Å². The Kier molecular flexibility index (Phi) is 7.31. The van der Waals surface area contributed by atoms with Crippen molar-refractivity contribution < 1.29 is 4.42 Å². The van der Waals surface area contributed by atoms with Crippen molar-refractivity contribution in [3.63, 3.8) is 0 Å². The second-order valence-electron chi connectivity index (χ2n) is 14.8. The van der Waals surface area contributed by atoms with Gasteiger partial charge in [-0.1, -0.05) is 127 Å². The summed E-state index contributed by atoms with van der Waals surface area (Å²) in [5, 5.41) is 20.2. The second kappa shape index (κ2) is 12.7. The predicted molar refractivity (Wildman–Crippen MR) is 239 cm³/mol. The average molecular weight is 733 g/mol. The number of aryl methyl sites for hydroxylation is 1. The molecule has 0 radical (unpaired) electrons. The normalized spacial score (nSPS) is 11.7. The summed E-state index contributed by atoms with van der Waals surface area (Å²) in [6.45, 7) is 2.15. The molecular formula is C52H36N4O. The smallest absolute Gasteiger partial charge is 0.138 e. The van der Waals surface area contributed by atoms with E-state index in [0.717, 1.165) is 5.39 Å². The van der Waals surface area contributed by atoms with Crippen LogP contribution in [-0.2, 0) is 0 Å². The lowest BCUT2D eigenvalue weighted by atomic mass is 9.97. The summed E-state index contributed by atoms with van der Waals surface area (Å²) < 4.78 is 10.6. The first kappa shape index (κ1) is 32.8. The Balaban J connectivity index is 0.000000196. The van der Waals surface area contributed by atoms with E-state index >= 15 is 0 Å². The SMILES string of the molecule is Cc1ccc(-n2c3ccccc3c3ccc4c(ccc5ccc6c7ccccc7n(-c7ccccc7)c6c54)c32)cc1.N=c1c2ccccc2oc2cccc(N)c12. The summed E-state index contributed by atoms with van der Waals surface area (Å²) in [6, 6.07) is 64.1. The van der Waals surface area contributed by atoms with E-state index in [9.17, 15) is 0 Å². The molecule has 3 N–H and O–H groups in total. The van der Waals surface area contributed by atoms with E-state index in [1.165, 1.54) is 82.1 Å². The van der Waals surface area contributed by atoms with Gasteiger partial charge in [0.1, 0.15) is 11.2 Å². The van der Waals surface area contributed by atoms with Crippen molar-refractivity contribution in [3.05, 3.63) is 193 Å². The largest absolute Gasteiger partial charge is 0.456 e. The third kappa shape index (κ3) is 4.99. The van der Waals surface area contributed by atoms with Gasteiger partial charge in [0.25, 0.3) is 0 Å². The van der Waals surface area contributed by atoms with Gasteiger partial charge in [-0.15, -0.1) is 0 Å². The quantitative estimate of drug-likeness (QED) is 0.105. The fourth-order valence-electron chi connectivity index (χ4n) is 8.86. The number of fused-ring (bicyclic) bond motifs is 13. The Morgan fingerprint density at radius 3 is 1.67 bits per heavy atom. The lowest BCUT2D eigenvalue weighted by molar-refractivity contribution is 0.659. The molecule has 9 aromatic carbocycles. The van der Waals surface area contributed by atoms with Crippen molar-refractivity contribution in [2.45, 2.75) is 6.92 Å². The first-order chi connectivity index (χ1) is 28.0. The zero-order valence-electron chi connectivity index (χ0n) is 31.2. The molecule has 0 bridgehead atoms. The molecule has 270 valence electrons. The molecule has 0 fully saturated rings. The van der Waals surface area contributed by atoms with Crippen LogP contribution in [0.15, 0.2) is 186 Å². The Morgan fingerprint density at radius 1 is 0.421 bits per heavy atom. The molecule has 0 aliphatic carbocycles. The van der Waals surface area contributed by atoms with Crippen LogP contribution in [0.4, 0.5) is 5.69 Å². The van der Waals surface area contributed by atoms with Gasteiger partial charge in [0, 0.05) is 54.8 Å². The highest BCUT2D eigenvalue weighted by atomic mass is 16.3. The maximum absolute atomic E-state index is 8.13. The minimum atomic E-state index is 0.426. The van der Waals surface area contributed by atoms with Crippen LogP contribution in [0.2, 0.25) is 0 Å². The molecule has 12 rings (SSSR count). The van der Waals surface area contributed by atoms with Crippen molar-refractivity contribution >= 4 is 92.8 Å². The monoisotopic (exact) mass is 732 g/mol. The molecule has 3 heterocycles. The van der Waals surface area contributed by atoms with Crippen LogP contribution >= 0.6 is 0 Å². The molecule has 0 aliphatic rings. The molecule has 12 aromatic rings. The van der Waals surface area contributed by atoms with Crippen LogP contribution < -0.4 is 11.1 Å². The van der Waals surface area contributed by atoms with E-state index in [0.29, 0.717) is 27.6 Å². The fraction of sp³-hybridized carbons (Fsp3) is 0.0192. The van der Waals surface area contributed by atoms with E-state index in [1.54, 1.807) is 6.07 Å². The Bertz CT molecular complexity index is 3610. The Hall–Kier alpha value is -7.63. The number of nitrogens with zero attached hydrogens (tertiary/aromatic N) is 2. The molecule has 0 saturated heterocycles. The zero-order valence-corrected chi connectivity index (χ0v) is 31.2. The highest BCUT2D eigenvalue weighted by Crippen LogP contribution is 2.43. The Morgan fingerprint density at radius 2 is 0.947 bits per heavy atom. The predicted octanol–water partition coefficient (Wildman–Crippen LogP) is 13.1. The third-order valence-electron chi connectivity index (χ3n) is 11.4. The van der Waals surface area contributed by atoms with Crippen LogP contribution in [0, 0.1) is 12.3 Å². The van der Waals surface area contributed by atoms with Crippen LogP contribution in [0.5, 0.6) is 0 Å². The molecule has 0 unspecified atom stereocenters. The van der Waals surface area contributed by atoms with Gasteiger partial charge in [0.05, 0.1) is 32.8 Å². The highest BCUT2D eigenvalue weighted by molar-refractivity contribution is 6.29. The average Bonchev–Trinajstić information content (AvgIpc) is 3.78. The number of nitrogens with two attached hydrogens (primary N) is 1. The number of nitrogens with one attached hydrogen (secondary N) is 1. The van der Waals surface area contributed by atoms with Crippen molar-refractivity contribution in [2.24, 2.45) is 0 Å². The molecule has 0 aliphatic heterocycles. The summed E-state index contributed by atoms with van der Waals surface area (Å²) in [5.41, 5.74) is 16.4. The van der Waals surface area contributed by atoms with E-state index in [-0.39, 0.29) is 0 Å². The van der Waals surface area contributed by atoms with Crippen LogP contribution in [0.25, 0.3) is 98.5 Å². The summed E-state index contributed by atoms with van der Waals surface area (Å²) in [5.74, 6) is 0. The van der Waals surface area contributed by atoms with Gasteiger partial charge < -0.3 is 19.3 Å². The van der Waals surface area contributed by atoms with Crippen LogP contribution in [-0.4, -0.2) is 9.13 Å². The summed E-state index contributed by atoms with van der Waals surface area (Å²) in [6.07, 6.45) is 0. The van der Waals surface area contributed by atoms with Crippen molar-refractivity contribution in [1.82, 2.24) is 9.13 Å².